The molecule has 0 aliphatic carbocycles. The van der Waals surface area contributed by atoms with Crippen molar-refractivity contribution in [3.05, 3.63) is 52.0 Å². The van der Waals surface area contributed by atoms with E-state index >= 15 is 0 Å². The third kappa shape index (κ3) is 5.03. The van der Waals surface area contributed by atoms with Gasteiger partial charge in [0.25, 0.3) is 5.91 Å². The van der Waals surface area contributed by atoms with E-state index in [-0.39, 0.29) is 29.6 Å². The molecular formula is C18H18BrClN2O5S. The van der Waals surface area contributed by atoms with E-state index < -0.39 is 15.9 Å². The van der Waals surface area contributed by atoms with Crippen molar-refractivity contribution in [2.45, 2.75) is 4.90 Å². The number of hydrogen-bond acceptors (Lipinski definition) is 5. The predicted molar refractivity (Wildman–Crippen MR) is 109 cm³/mol. The molecule has 1 heterocycles. The highest BCUT2D eigenvalue weighted by Gasteiger charge is 2.28. The molecule has 0 bridgehead atoms. The van der Waals surface area contributed by atoms with Crippen LogP contribution >= 0.6 is 27.5 Å². The SMILES string of the molecule is O=C(COc1ccccc1Br)Nc1ccc(Cl)c(S(=O)(=O)N2CCOCC2)c1. The highest BCUT2D eigenvalue weighted by molar-refractivity contribution is 9.10. The Balaban J connectivity index is 1.70. The molecule has 3 rings (SSSR count). The number of carbonyl (C=O) groups is 1. The van der Waals surface area contributed by atoms with Crippen LogP contribution in [0.4, 0.5) is 5.69 Å². The fourth-order valence-electron chi connectivity index (χ4n) is 2.61. The van der Waals surface area contributed by atoms with E-state index in [0.717, 1.165) is 4.47 Å². The predicted octanol–water partition coefficient (Wildman–Crippen LogP) is 3.14. The van der Waals surface area contributed by atoms with E-state index in [1.54, 1.807) is 18.2 Å². The minimum absolute atomic E-state index is 0.0550. The van der Waals surface area contributed by atoms with Gasteiger partial charge in [0.1, 0.15) is 10.6 Å². The molecule has 1 N–H and O–H groups in total. The lowest BCUT2D eigenvalue weighted by Crippen LogP contribution is -2.40. The number of anilines is 1. The Morgan fingerprint density at radius 3 is 2.64 bits per heavy atom. The summed E-state index contributed by atoms with van der Waals surface area (Å²) in [6, 6.07) is 11.5. The Kier molecular flexibility index (Phi) is 6.95. The second kappa shape index (κ2) is 9.23. The van der Waals surface area contributed by atoms with Gasteiger partial charge in [0.15, 0.2) is 6.61 Å². The lowest BCUT2D eigenvalue weighted by atomic mass is 10.3. The Morgan fingerprint density at radius 1 is 1.21 bits per heavy atom. The third-order valence-corrected chi connectivity index (χ3v) is 7.03. The van der Waals surface area contributed by atoms with E-state index in [9.17, 15) is 13.2 Å². The number of halogens is 2. The van der Waals surface area contributed by atoms with Crippen LogP contribution in [-0.2, 0) is 19.6 Å². The normalized spacial score (nSPS) is 15.2. The van der Waals surface area contributed by atoms with E-state index in [2.05, 4.69) is 21.2 Å². The average Bonchev–Trinajstić information content (AvgIpc) is 2.69. The third-order valence-electron chi connectivity index (χ3n) is 4.00. The topological polar surface area (TPSA) is 84.9 Å². The Bertz CT molecular complexity index is 964. The first-order chi connectivity index (χ1) is 13.4. The van der Waals surface area contributed by atoms with Crippen molar-refractivity contribution in [2.24, 2.45) is 0 Å². The van der Waals surface area contributed by atoms with Crippen molar-refractivity contribution in [1.82, 2.24) is 4.31 Å². The van der Waals surface area contributed by atoms with Crippen molar-refractivity contribution < 1.29 is 22.7 Å². The molecule has 1 saturated heterocycles. The van der Waals surface area contributed by atoms with Crippen LogP contribution in [0.1, 0.15) is 0 Å². The smallest absolute Gasteiger partial charge is 0.262 e. The molecule has 7 nitrogen and oxygen atoms in total. The number of nitrogens with zero attached hydrogens (tertiary/aromatic N) is 1. The first kappa shape index (κ1) is 21.1. The molecule has 0 aromatic heterocycles. The Morgan fingerprint density at radius 2 is 1.93 bits per heavy atom. The van der Waals surface area contributed by atoms with Crippen LogP contribution in [0.3, 0.4) is 0 Å². The van der Waals surface area contributed by atoms with Crippen LogP contribution in [0.15, 0.2) is 51.8 Å². The standard InChI is InChI=1S/C18H18BrClN2O5S/c19-14-3-1-2-4-16(14)27-12-18(23)21-13-5-6-15(20)17(11-13)28(24,25)22-7-9-26-10-8-22/h1-6,11H,7-10,12H2,(H,21,23). The zero-order chi connectivity index (χ0) is 20.1. The minimum Gasteiger partial charge on any atom is -0.483 e. The van der Waals surface area contributed by atoms with Gasteiger partial charge in [-0.15, -0.1) is 0 Å². The van der Waals surface area contributed by atoms with Gasteiger partial charge in [-0.3, -0.25) is 4.79 Å². The zero-order valence-corrected chi connectivity index (χ0v) is 17.9. The molecular weight excluding hydrogens is 472 g/mol. The summed E-state index contributed by atoms with van der Waals surface area (Å²) in [7, 11) is -3.78. The summed E-state index contributed by atoms with van der Waals surface area (Å²) in [4.78, 5) is 12.1. The average molecular weight is 490 g/mol. The van der Waals surface area contributed by atoms with Crippen molar-refractivity contribution in [2.75, 3.05) is 38.2 Å². The van der Waals surface area contributed by atoms with E-state index in [4.69, 9.17) is 21.1 Å². The van der Waals surface area contributed by atoms with Crippen LogP contribution in [0.2, 0.25) is 5.02 Å². The first-order valence-electron chi connectivity index (χ1n) is 8.42. The molecule has 0 atom stereocenters. The lowest BCUT2D eigenvalue weighted by Gasteiger charge is -2.26. The molecule has 1 amide bonds. The maximum Gasteiger partial charge on any atom is 0.262 e. The van der Waals surface area contributed by atoms with E-state index in [1.165, 1.54) is 22.5 Å². The number of morpholine rings is 1. The van der Waals surface area contributed by atoms with Crippen molar-refractivity contribution in [1.29, 1.82) is 0 Å². The number of sulfonamides is 1. The molecule has 1 fully saturated rings. The fourth-order valence-corrected chi connectivity index (χ4v) is 4.91. The highest BCUT2D eigenvalue weighted by atomic mass is 79.9. The summed E-state index contributed by atoms with van der Waals surface area (Å²) in [6.07, 6.45) is 0. The van der Waals surface area contributed by atoms with Gasteiger partial charge in [0.05, 0.1) is 22.7 Å². The largest absolute Gasteiger partial charge is 0.483 e. The van der Waals surface area contributed by atoms with Gasteiger partial charge in [-0.25, -0.2) is 8.42 Å². The number of nitrogens with one attached hydrogen (secondary N) is 1. The van der Waals surface area contributed by atoms with Crippen molar-refractivity contribution in [3.8, 4) is 5.75 Å². The monoisotopic (exact) mass is 488 g/mol. The molecule has 2 aromatic rings. The van der Waals surface area contributed by atoms with Gasteiger partial charge >= 0.3 is 0 Å². The molecule has 28 heavy (non-hydrogen) atoms. The van der Waals surface area contributed by atoms with Gasteiger partial charge in [0.2, 0.25) is 10.0 Å². The molecule has 0 spiro atoms. The number of carbonyl (C=O) groups excluding carboxylic acids is 1. The first-order valence-corrected chi connectivity index (χ1v) is 11.0. The maximum atomic E-state index is 12.8. The number of benzene rings is 2. The Labute approximate surface area is 176 Å². The second-order valence-electron chi connectivity index (χ2n) is 5.93. The summed E-state index contributed by atoms with van der Waals surface area (Å²) < 4.78 is 38.4. The number of para-hydroxylation sites is 1. The summed E-state index contributed by atoms with van der Waals surface area (Å²) in [5.41, 5.74) is 0.317. The Hall–Kier alpha value is -1.65. The molecule has 150 valence electrons. The number of amides is 1. The molecule has 10 heteroatoms. The maximum absolute atomic E-state index is 12.8. The van der Waals surface area contributed by atoms with Gasteiger partial charge in [0, 0.05) is 18.8 Å². The summed E-state index contributed by atoms with van der Waals surface area (Å²) in [5.74, 6) is 0.108. The molecule has 1 aliphatic heterocycles. The molecule has 0 saturated carbocycles. The van der Waals surface area contributed by atoms with Gasteiger partial charge in [-0.2, -0.15) is 4.31 Å². The molecule has 0 radical (unpaired) electrons. The van der Waals surface area contributed by atoms with Gasteiger partial charge < -0.3 is 14.8 Å². The quantitative estimate of drug-likeness (QED) is 0.674. The summed E-state index contributed by atoms with van der Waals surface area (Å²) >= 11 is 9.45. The lowest BCUT2D eigenvalue weighted by molar-refractivity contribution is -0.118. The van der Waals surface area contributed by atoms with Crippen LogP contribution in [0.25, 0.3) is 0 Å². The number of hydrogen-bond donors (Lipinski definition) is 1. The minimum atomic E-state index is -3.78. The van der Waals surface area contributed by atoms with Gasteiger partial charge in [-0.05, 0) is 46.3 Å². The van der Waals surface area contributed by atoms with Crippen LogP contribution in [0.5, 0.6) is 5.75 Å². The molecule has 1 aliphatic rings. The van der Waals surface area contributed by atoms with Gasteiger partial charge in [-0.1, -0.05) is 23.7 Å². The van der Waals surface area contributed by atoms with E-state index in [0.29, 0.717) is 24.7 Å². The van der Waals surface area contributed by atoms with E-state index in [1.807, 2.05) is 6.07 Å². The fraction of sp³-hybridized carbons (Fsp3) is 0.278. The van der Waals surface area contributed by atoms with Crippen molar-refractivity contribution in [3.63, 3.8) is 0 Å². The highest BCUT2D eigenvalue weighted by Crippen LogP contribution is 2.28. The summed E-state index contributed by atoms with van der Waals surface area (Å²) in [6.45, 7) is 0.959. The zero-order valence-electron chi connectivity index (χ0n) is 14.7. The van der Waals surface area contributed by atoms with Crippen LogP contribution < -0.4 is 10.1 Å². The van der Waals surface area contributed by atoms with Crippen LogP contribution in [-0.4, -0.2) is 51.5 Å². The summed E-state index contributed by atoms with van der Waals surface area (Å²) in [5, 5.41) is 2.72. The number of rotatable bonds is 6. The number of ether oxygens (including phenoxy) is 2. The van der Waals surface area contributed by atoms with Crippen molar-refractivity contribution >= 4 is 49.1 Å². The molecule has 2 aromatic carbocycles. The molecule has 0 unspecified atom stereocenters. The second-order valence-corrected chi connectivity index (χ2v) is 9.10. The van der Waals surface area contributed by atoms with Crippen LogP contribution in [0, 0.1) is 0 Å².